The van der Waals surface area contributed by atoms with E-state index in [1.165, 1.54) is 6.92 Å². The van der Waals surface area contributed by atoms with E-state index in [9.17, 15) is 9.59 Å². The van der Waals surface area contributed by atoms with E-state index in [0.717, 1.165) is 29.9 Å². The molecule has 45 heavy (non-hydrogen) atoms. The van der Waals surface area contributed by atoms with Crippen LogP contribution >= 0.6 is 23.2 Å². The van der Waals surface area contributed by atoms with Gasteiger partial charge in [0.15, 0.2) is 5.82 Å². The first kappa shape index (κ1) is 31.0. The van der Waals surface area contributed by atoms with Gasteiger partial charge in [0.25, 0.3) is 5.91 Å². The lowest BCUT2D eigenvalue weighted by atomic mass is 10.00. The Balaban J connectivity index is 1.23. The third-order valence-corrected chi connectivity index (χ3v) is 9.06. The maximum absolute atomic E-state index is 13.3. The standard InChI is InChI=1S/C33H34Cl2N6O4/c1-19(42)45-21-16-41(17-21)15-20-11-12-25(38-33(20)44-4)24-9-5-7-22(29(24)34)23-8-6-10-26(30(23)35)37-32(43)31-36-27-18-39(2)14-13-28(27)40(31)3/h5-12,21H,13-18H2,1-4H3,(H,37,43). The molecule has 0 bridgehead atoms. The lowest BCUT2D eigenvalue weighted by Crippen LogP contribution is -2.52. The van der Waals surface area contributed by atoms with E-state index < -0.39 is 0 Å². The van der Waals surface area contributed by atoms with Crippen molar-refractivity contribution in [1.82, 2.24) is 24.3 Å². The number of esters is 1. The molecule has 2 aliphatic heterocycles. The van der Waals surface area contributed by atoms with E-state index in [4.69, 9.17) is 37.7 Å². The summed E-state index contributed by atoms with van der Waals surface area (Å²) in [5.41, 5.74) is 6.12. The van der Waals surface area contributed by atoms with Crippen molar-refractivity contribution in [2.45, 2.75) is 32.5 Å². The number of fused-ring (bicyclic) bond motifs is 1. The average Bonchev–Trinajstić information content (AvgIpc) is 3.32. The van der Waals surface area contributed by atoms with E-state index in [2.05, 4.69) is 20.1 Å². The number of aromatic nitrogens is 3. The minimum absolute atomic E-state index is 0.0803. The van der Waals surface area contributed by atoms with Crippen molar-refractivity contribution in [3.05, 3.63) is 81.4 Å². The van der Waals surface area contributed by atoms with E-state index in [1.54, 1.807) is 13.2 Å². The number of pyridine rings is 1. The molecule has 6 rings (SSSR count). The number of carbonyl (C=O) groups is 2. The summed E-state index contributed by atoms with van der Waals surface area (Å²) >= 11 is 13.9. The molecule has 0 radical (unpaired) electrons. The van der Waals surface area contributed by atoms with Crippen LogP contribution in [0.15, 0.2) is 48.5 Å². The van der Waals surface area contributed by atoms with Crippen LogP contribution in [0.4, 0.5) is 5.69 Å². The highest BCUT2D eigenvalue weighted by Crippen LogP contribution is 2.41. The van der Waals surface area contributed by atoms with Crippen molar-refractivity contribution >= 4 is 40.8 Å². The first-order chi connectivity index (χ1) is 21.6. The quantitative estimate of drug-likeness (QED) is 0.252. The summed E-state index contributed by atoms with van der Waals surface area (Å²) in [6, 6.07) is 15.0. The number of hydrogen-bond acceptors (Lipinski definition) is 8. The van der Waals surface area contributed by atoms with Gasteiger partial charge in [-0.25, -0.2) is 9.97 Å². The van der Waals surface area contributed by atoms with Gasteiger partial charge < -0.3 is 24.3 Å². The van der Waals surface area contributed by atoms with Gasteiger partial charge in [0, 0.05) is 81.1 Å². The number of nitrogens with zero attached hydrogens (tertiary/aromatic N) is 5. The van der Waals surface area contributed by atoms with Crippen molar-refractivity contribution < 1.29 is 19.1 Å². The molecule has 1 amide bonds. The number of benzene rings is 2. The van der Waals surface area contributed by atoms with Gasteiger partial charge in [0.1, 0.15) is 6.10 Å². The summed E-state index contributed by atoms with van der Waals surface area (Å²) in [5.74, 6) is 0.245. The largest absolute Gasteiger partial charge is 0.481 e. The molecule has 234 valence electrons. The Morgan fingerprint density at radius 1 is 0.978 bits per heavy atom. The Bertz CT molecular complexity index is 1790. The first-order valence-electron chi connectivity index (χ1n) is 14.7. The number of anilines is 1. The zero-order valence-electron chi connectivity index (χ0n) is 25.6. The van der Waals surface area contributed by atoms with Gasteiger partial charge in [-0.1, -0.05) is 59.6 Å². The highest BCUT2D eigenvalue weighted by atomic mass is 35.5. The molecule has 0 saturated carbocycles. The smallest absolute Gasteiger partial charge is 0.302 e. The second-order valence-corrected chi connectivity index (χ2v) is 12.2. The highest BCUT2D eigenvalue weighted by molar-refractivity contribution is 6.39. The van der Waals surface area contributed by atoms with E-state index >= 15 is 0 Å². The molecule has 12 heteroatoms. The second-order valence-electron chi connectivity index (χ2n) is 11.5. The van der Waals surface area contributed by atoms with Gasteiger partial charge in [0.2, 0.25) is 5.88 Å². The monoisotopic (exact) mass is 648 g/mol. The summed E-state index contributed by atoms with van der Waals surface area (Å²) in [4.78, 5) is 38.3. The molecule has 2 aliphatic rings. The average molecular weight is 650 g/mol. The molecule has 1 N–H and O–H groups in total. The summed E-state index contributed by atoms with van der Waals surface area (Å²) in [5, 5.41) is 3.79. The van der Waals surface area contributed by atoms with Crippen LogP contribution in [0.25, 0.3) is 22.4 Å². The number of likely N-dealkylation sites (tertiary alicyclic amines) is 1. The van der Waals surface area contributed by atoms with Crippen molar-refractivity contribution in [1.29, 1.82) is 0 Å². The zero-order valence-corrected chi connectivity index (χ0v) is 27.1. The minimum atomic E-state index is -0.329. The van der Waals surface area contributed by atoms with Crippen LogP contribution in [0.5, 0.6) is 5.88 Å². The van der Waals surface area contributed by atoms with Crippen molar-refractivity contribution in [3.8, 4) is 28.3 Å². The Labute approximate surface area is 271 Å². The van der Waals surface area contributed by atoms with Crippen LogP contribution in [0, 0.1) is 0 Å². The number of hydrogen-bond donors (Lipinski definition) is 1. The molecule has 0 aliphatic carbocycles. The predicted octanol–water partition coefficient (Wildman–Crippen LogP) is 5.45. The number of imidazole rings is 1. The van der Waals surface area contributed by atoms with Crippen LogP contribution in [0.2, 0.25) is 10.0 Å². The number of halogens is 2. The Hall–Kier alpha value is -3.96. The SMILES string of the molecule is COc1nc(-c2cccc(-c3cccc(NC(=O)c4nc5c(n4C)CCN(C)C5)c3Cl)c2Cl)ccc1CN1CC(OC(C)=O)C1. The van der Waals surface area contributed by atoms with Crippen molar-refractivity contribution in [3.63, 3.8) is 0 Å². The maximum atomic E-state index is 13.3. The number of methoxy groups -OCH3 is 1. The summed E-state index contributed by atoms with van der Waals surface area (Å²) in [7, 11) is 5.50. The fourth-order valence-corrected chi connectivity index (χ4v) is 6.53. The van der Waals surface area contributed by atoms with E-state index in [1.807, 2.05) is 61.1 Å². The highest BCUT2D eigenvalue weighted by Gasteiger charge is 2.30. The van der Waals surface area contributed by atoms with Gasteiger partial charge in [0.05, 0.1) is 34.2 Å². The first-order valence-corrected chi connectivity index (χ1v) is 15.4. The Morgan fingerprint density at radius 3 is 2.42 bits per heavy atom. The van der Waals surface area contributed by atoms with Gasteiger partial charge >= 0.3 is 5.97 Å². The zero-order chi connectivity index (χ0) is 31.8. The normalized spacial score (nSPS) is 15.3. The van der Waals surface area contributed by atoms with Crippen molar-refractivity contribution in [2.24, 2.45) is 7.05 Å². The van der Waals surface area contributed by atoms with Crippen LogP contribution in [0.1, 0.15) is 34.5 Å². The molecule has 4 heterocycles. The molecular weight excluding hydrogens is 615 g/mol. The number of nitrogens with one attached hydrogen (secondary N) is 1. The van der Waals surface area contributed by atoms with Crippen LogP contribution in [-0.2, 0) is 36.1 Å². The molecule has 1 saturated heterocycles. The maximum Gasteiger partial charge on any atom is 0.302 e. The molecule has 2 aromatic heterocycles. The number of rotatable bonds is 8. The molecule has 0 atom stereocenters. The van der Waals surface area contributed by atoms with E-state index in [-0.39, 0.29) is 18.0 Å². The molecule has 4 aromatic rings. The van der Waals surface area contributed by atoms with Crippen molar-refractivity contribution in [2.75, 3.05) is 39.1 Å². The summed E-state index contributed by atoms with van der Waals surface area (Å²) in [6.07, 6.45) is 0.761. The molecular formula is C33H34Cl2N6O4. The third-order valence-electron chi connectivity index (χ3n) is 8.24. The Morgan fingerprint density at radius 2 is 1.69 bits per heavy atom. The molecule has 10 nitrogen and oxygen atoms in total. The minimum Gasteiger partial charge on any atom is -0.481 e. The number of amides is 1. The van der Waals surface area contributed by atoms with Gasteiger partial charge in [-0.2, -0.15) is 0 Å². The van der Waals surface area contributed by atoms with E-state index in [0.29, 0.717) is 76.0 Å². The number of ether oxygens (including phenoxy) is 2. The lowest BCUT2D eigenvalue weighted by Gasteiger charge is -2.38. The van der Waals surface area contributed by atoms with Gasteiger partial charge in [-0.15, -0.1) is 0 Å². The fraction of sp³-hybridized carbons (Fsp3) is 0.333. The van der Waals surface area contributed by atoms with Gasteiger partial charge in [-0.05, 0) is 19.2 Å². The lowest BCUT2D eigenvalue weighted by molar-refractivity contribution is -0.155. The van der Waals surface area contributed by atoms with Crippen LogP contribution < -0.4 is 10.1 Å². The topological polar surface area (TPSA) is 102 Å². The number of likely N-dealkylation sites (N-methyl/N-ethyl adjacent to an activating group) is 1. The molecule has 1 fully saturated rings. The third kappa shape index (κ3) is 6.28. The predicted molar refractivity (Wildman–Crippen MR) is 174 cm³/mol. The summed E-state index contributed by atoms with van der Waals surface area (Å²) < 4.78 is 12.8. The molecule has 2 aromatic carbocycles. The Kier molecular flexibility index (Phi) is 8.83. The van der Waals surface area contributed by atoms with Crippen LogP contribution in [0.3, 0.4) is 0 Å². The van der Waals surface area contributed by atoms with Gasteiger partial charge in [-0.3, -0.25) is 14.5 Å². The number of carbonyl (C=O) groups excluding carboxylic acids is 2. The fourth-order valence-electron chi connectivity index (χ4n) is 5.93. The second kappa shape index (κ2) is 12.8. The van der Waals surface area contributed by atoms with Crippen LogP contribution in [-0.4, -0.2) is 76.1 Å². The molecule has 0 spiro atoms. The summed E-state index contributed by atoms with van der Waals surface area (Å²) in [6.45, 7) is 5.01. The molecule has 0 unspecified atom stereocenters.